The fraction of sp³-hybridized carbons (Fsp3) is 0.649. The Morgan fingerprint density at radius 2 is 1.28 bits per heavy atom. The second kappa shape index (κ2) is 9.41. The first-order chi connectivity index (χ1) is 22.4. The molecule has 9 atom stereocenters. The molecule has 4 aliphatic carbocycles. The molecule has 4 fully saturated rings. The summed E-state index contributed by atoms with van der Waals surface area (Å²) in [6.07, 6.45) is 4.23. The van der Waals surface area contributed by atoms with E-state index in [1.807, 2.05) is 19.1 Å². The molecule has 0 radical (unpaired) electrons. The van der Waals surface area contributed by atoms with E-state index in [1.165, 1.54) is 11.1 Å². The third-order valence-corrected chi connectivity index (χ3v) is 14.0. The molecule has 2 spiro atoms. The van der Waals surface area contributed by atoms with Crippen LogP contribution in [0.3, 0.4) is 0 Å². The number of likely N-dealkylation sites (N-methyl/N-ethyl adjacent to an activating group) is 2. The van der Waals surface area contributed by atoms with Crippen LogP contribution in [0.4, 0.5) is 0 Å². The molecule has 4 bridgehead atoms. The van der Waals surface area contributed by atoms with Gasteiger partial charge in [0.15, 0.2) is 34.9 Å². The van der Waals surface area contributed by atoms with Gasteiger partial charge in [-0.25, -0.2) is 0 Å². The van der Waals surface area contributed by atoms with Crippen LogP contribution < -0.4 is 18.9 Å². The summed E-state index contributed by atoms with van der Waals surface area (Å²) in [5.74, 6) is 2.91. The van der Waals surface area contributed by atoms with Gasteiger partial charge in [0.1, 0.15) is 6.10 Å². The van der Waals surface area contributed by atoms with Crippen LogP contribution in [0.2, 0.25) is 0 Å². The smallest absolute Gasteiger partial charge is 0.174 e. The highest BCUT2D eigenvalue weighted by molar-refractivity contribution is 5.90. The van der Waals surface area contributed by atoms with Gasteiger partial charge in [-0.05, 0) is 102 Å². The van der Waals surface area contributed by atoms with Crippen LogP contribution in [-0.4, -0.2) is 113 Å². The number of carbonyl (C=O) groups is 1. The van der Waals surface area contributed by atoms with Gasteiger partial charge in [0.25, 0.3) is 0 Å². The lowest BCUT2D eigenvalue weighted by Gasteiger charge is -2.64. The third kappa shape index (κ3) is 3.32. The lowest BCUT2D eigenvalue weighted by atomic mass is 9.47. The molecule has 4 aliphatic heterocycles. The maximum absolute atomic E-state index is 12.7. The van der Waals surface area contributed by atoms with Crippen molar-refractivity contribution in [2.24, 2.45) is 0 Å². The summed E-state index contributed by atoms with van der Waals surface area (Å²) in [5, 5.41) is 34.8. The van der Waals surface area contributed by atoms with E-state index >= 15 is 0 Å². The first kappa shape index (κ1) is 30.2. The zero-order chi connectivity index (χ0) is 32.9. The van der Waals surface area contributed by atoms with Gasteiger partial charge in [0.05, 0.1) is 41.9 Å². The average molecular weight is 647 g/mol. The van der Waals surface area contributed by atoms with Gasteiger partial charge in [0.2, 0.25) is 0 Å². The number of piperidine rings is 2. The van der Waals surface area contributed by atoms with Gasteiger partial charge < -0.3 is 44.1 Å². The molecule has 252 valence electrons. The van der Waals surface area contributed by atoms with Gasteiger partial charge in [-0.15, -0.1) is 0 Å². The summed E-state index contributed by atoms with van der Waals surface area (Å²) in [6.45, 7) is 3.63. The SMILES string of the molecule is COc1ccc2c3c1O[C@H]1C(=O)CC[C@@]4(O)C(C2)N(C)CCC314.COc1ccc2c3c1O[C@H]1C(C)(O)CC[C@@]4(O)C(C2)N(C)CCC314. The van der Waals surface area contributed by atoms with Crippen LogP contribution in [-0.2, 0) is 28.5 Å². The molecule has 3 N–H and O–H groups in total. The number of ketones is 1. The number of ether oxygens (including phenoxy) is 4. The first-order valence-electron chi connectivity index (χ1n) is 17.2. The molecule has 2 aromatic rings. The first-order valence-corrected chi connectivity index (χ1v) is 17.2. The number of hydrogen-bond donors (Lipinski definition) is 3. The number of carbonyl (C=O) groups excluding carboxylic acids is 1. The number of nitrogens with zero attached hydrogens (tertiary/aromatic N) is 2. The average Bonchev–Trinajstić information content (AvgIpc) is 3.60. The third-order valence-electron chi connectivity index (χ3n) is 14.0. The molecule has 8 aliphatic rings. The highest BCUT2D eigenvalue weighted by atomic mass is 16.5. The maximum Gasteiger partial charge on any atom is 0.174 e. The van der Waals surface area contributed by atoms with E-state index in [4.69, 9.17) is 18.9 Å². The predicted molar refractivity (Wildman–Crippen MR) is 172 cm³/mol. The fourth-order valence-electron chi connectivity index (χ4n) is 11.8. The Morgan fingerprint density at radius 3 is 1.87 bits per heavy atom. The van der Waals surface area contributed by atoms with Crippen molar-refractivity contribution in [1.82, 2.24) is 9.80 Å². The van der Waals surface area contributed by atoms with Crippen molar-refractivity contribution in [2.45, 2.75) is 110 Å². The summed E-state index contributed by atoms with van der Waals surface area (Å²) >= 11 is 0. The van der Waals surface area contributed by atoms with Crippen LogP contribution in [0.5, 0.6) is 23.0 Å². The summed E-state index contributed by atoms with van der Waals surface area (Å²) < 4.78 is 23.5. The van der Waals surface area contributed by atoms with E-state index in [9.17, 15) is 20.1 Å². The van der Waals surface area contributed by atoms with Crippen LogP contribution in [0, 0.1) is 0 Å². The van der Waals surface area contributed by atoms with Gasteiger partial charge in [-0.1, -0.05) is 12.1 Å². The molecule has 2 saturated carbocycles. The molecule has 10 rings (SSSR count). The van der Waals surface area contributed by atoms with E-state index < -0.39 is 39.8 Å². The van der Waals surface area contributed by atoms with Crippen LogP contribution in [0.1, 0.15) is 67.7 Å². The molecule has 4 heterocycles. The Bertz CT molecular complexity index is 1710. The number of likely N-dealkylation sites (tertiary alicyclic amines) is 2. The van der Waals surface area contributed by atoms with Crippen molar-refractivity contribution in [3.8, 4) is 23.0 Å². The minimum absolute atomic E-state index is 0.0438. The zero-order valence-corrected chi connectivity index (χ0v) is 28.0. The molecule has 0 aromatic heterocycles. The quantitative estimate of drug-likeness (QED) is 0.448. The molecular formula is C37H46N2O8. The van der Waals surface area contributed by atoms with E-state index in [0.717, 1.165) is 55.6 Å². The highest BCUT2D eigenvalue weighted by Crippen LogP contribution is 2.67. The number of aliphatic hydroxyl groups is 3. The second-order valence-corrected chi connectivity index (χ2v) is 15.8. The Labute approximate surface area is 275 Å². The normalized spacial score (nSPS) is 43.1. The van der Waals surface area contributed by atoms with Crippen molar-refractivity contribution in [3.05, 3.63) is 46.5 Å². The van der Waals surface area contributed by atoms with E-state index in [2.05, 4.69) is 36.0 Å². The number of rotatable bonds is 2. The summed E-state index contributed by atoms with van der Waals surface area (Å²) in [7, 11) is 7.44. The minimum atomic E-state index is -0.953. The monoisotopic (exact) mass is 646 g/mol. The minimum Gasteiger partial charge on any atom is -0.493 e. The second-order valence-electron chi connectivity index (χ2n) is 15.8. The van der Waals surface area contributed by atoms with Crippen LogP contribution in [0.25, 0.3) is 0 Å². The van der Waals surface area contributed by atoms with Crippen LogP contribution in [0.15, 0.2) is 24.3 Å². The van der Waals surface area contributed by atoms with Crippen molar-refractivity contribution in [1.29, 1.82) is 0 Å². The van der Waals surface area contributed by atoms with E-state index in [1.54, 1.807) is 14.2 Å². The molecule has 10 heteroatoms. The molecule has 47 heavy (non-hydrogen) atoms. The molecule has 2 saturated heterocycles. The number of methoxy groups -OCH3 is 2. The molecule has 0 amide bonds. The van der Waals surface area contributed by atoms with Gasteiger partial charge in [-0.2, -0.15) is 0 Å². The molecular weight excluding hydrogens is 600 g/mol. The van der Waals surface area contributed by atoms with E-state index in [-0.39, 0.29) is 17.9 Å². The summed E-state index contributed by atoms with van der Waals surface area (Å²) in [6, 6.07) is 8.18. The molecule has 2 aromatic carbocycles. The number of hydrogen-bond acceptors (Lipinski definition) is 10. The Hall–Kier alpha value is -2.89. The highest BCUT2D eigenvalue weighted by Gasteiger charge is 2.75. The molecule has 10 nitrogen and oxygen atoms in total. The van der Waals surface area contributed by atoms with Gasteiger partial charge >= 0.3 is 0 Å². The topological polar surface area (TPSA) is 121 Å². The summed E-state index contributed by atoms with van der Waals surface area (Å²) in [5.41, 5.74) is 0.707. The Morgan fingerprint density at radius 1 is 0.745 bits per heavy atom. The fourth-order valence-corrected chi connectivity index (χ4v) is 11.8. The summed E-state index contributed by atoms with van der Waals surface area (Å²) in [4.78, 5) is 17.2. The standard InChI is InChI=1S/C19H25NO4.C18H21NO4/c1-17(21)6-7-19(22)13-10-11-4-5-12(23-3)15-14(11)18(19,16(17)24-15)8-9-20(13)2;1-19-8-7-17-14-10-3-4-12(22-2)15(14)23-16(17)11(20)5-6-18(17,21)13(19)9-10/h4-5,13,16,21-22H,6-10H2,1-3H3;3-4,13,16,21H,5-9H2,1-2H3/t13?,16-,17?,18?,19+;13?,16-,17?,18+/m00/s1. The zero-order valence-electron chi connectivity index (χ0n) is 28.0. The lowest BCUT2D eigenvalue weighted by Crippen LogP contribution is -2.78. The van der Waals surface area contributed by atoms with E-state index in [0.29, 0.717) is 42.9 Å². The van der Waals surface area contributed by atoms with Crippen molar-refractivity contribution in [3.63, 3.8) is 0 Å². The maximum atomic E-state index is 12.7. The van der Waals surface area contributed by atoms with Crippen LogP contribution >= 0.6 is 0 Å². The number of Topliss-reactive ketones (excluding diaryl/α,β-unsaturated/α-hetero) is 1. The number of benzene rings is 2. The largest absolute Gasteiger partial charge is 0.493 e. The Kier molecular flexibility index (Phi) is 6.05. The van der Waals surface area contributed by atoms with Gasteiger partial charge in [0, 0.05) is 29.6 Å². The lowest BCUT2D eigenvalue weighted by molar-refractivity contribution is -0.228. The van der Waals surface area contributed by atoms with Crippen molar-refractivity contribution in [2.75, 3.05) is 41.4 Å². The Balaban J connectivity index is 0.000000129. The molecule has 5 unspecified atom stereocenters. The predicted octanol–water partition coefficient (Wildman–Crippen LogP) is 2.28. The van der Waals surface area contributed by atoms with Crippen molar-refractivity contribution < 1.29 is 39.1 Å². The van der Waals surface area contributed by atoms with Crippen molar-refractivity contribution >= 4 is 5.78 Å². The van der Waals surface area contributed by atoms with Gasteiger partial charge in [-0.3, -0.25) is 4.79 Å².